The fourth-order valence-corrected chi connectivity index (χ4v) is 4.03. The Morgan fingerprint density at radius 1 is 1.09 bits per heavy atom. The van der Waals surface area contributed by atoms with Gasteiger partial charge in [-0.1, -0.05) is 11.6 Å². The minimum Gasteiger partial charge on any atom is -0.352 e. The van der Waals surface area contributed by atoms with Crippen molar-refractivity contribution in [2.75, 3.05) is 31.1 Å². The smallest absolute Gasteiger partial charge is 0.352 e. The quantitative estimate of drug-likeness (QED) is 0.545. The number of piperazine rings is 1. The highest BCUT2D eigenvalue weighted by atomic mass is 35.5. The van der Waals surface area contributed by atoms with Crippen LogP contribution in [0.3, 0.4) is 0 Å². The normalized spacial score (nSPS) is 14.8. The molecule has 14 heteroatoms. The summed E-state index contributed by atoms with van der Waals surface area (Å²) in [5.41, 5.74) is -1.67. The van der Waals surface area contributed by atoms with Crippen molar-refractivity contribution in [3.05, 3.63) is 50.0 Å². The van der Waals surface area contributed by atoms with Crippen LogP contribution in [0.2, 0.25) is 5.02 Å². The van der Waals surface area contributed by atoms with Crippen molar-refractivity contribution in [3.8, 4) is 0 Å². The molecular formula is C19H19ClF3N7O3. The number of halogens is 4. The van der Waals surface area contributed by atoms with E-state index in [-0.39, 0.29) is 34.5 Å². The van der Waals surface area contributed by atoms with Gasteiger partial charge in [-0.05, 0) is 6.07 Å². The molecule has 0 aromatic carbocycles. The second kappa shape index (κ2) is 8.21. The standard InChI is InChI=1S/C19H19ClF3N7O3/c1-26-16-14(17(32)27(2)18(26)33)30(10-25-16)9-13(31)28-3-5-29(6-4-28)15-12(20)7-11(8-24-15)19(21,22)23/h7-8,10H,3-6,9H2,1-2H3. The summed E-state index contributed by atoms with van der Waals surface area (Å²) in [4.78, 5) is 48.7. The maximum atomic E-state index is 12.8. The van der Waals surface area contributed by atoms with Gasteiger partial charge in [-0.15, -0.1) is 0 Å². The van der Waals surface area contributed by atoms with Crippen LogP contribution in [-0.4, -0.2) is 60.7 Å². The summed E-state index contributed by atoms with van der Waals surface area (Å²) >= 11 is 6.02. The molecule has 0 bridgehead atoms. The third-order valence-corrected chi connectivity index (χ3v) is 5.88. The number of hydrogen-bond acceptors (Lipinski definition) is 6. The van der Waals surface area contributed by atoms with E-state index in [0.717, 1.165) is 16.8 Å². The van der Waals surface area contributed by atoms with E-state index < -0.39 is 23.0 Å². The second-order valence-corrected chi connectivity index (χ2v) is 8.05. The zero-order chi connectivity index (χ0) is 24.1. The third-order valence-electron chi connectivity index (χ3n) is 5.60. The molecule has 4 heterocycles. The van der Waals surface area contributed by atoms with Crippen molar-refractivity contribution >= 4 is 34.5 Å². The Labute approximate surface area is 189 Å². The highest BCUT2D eigenvalue weighted by Crippen LogP contribution is 2.33. The lowest BCUT2D eigenvalue weighted by atomic mass is 10.2. The van der Waals surface area contributed by atoms with Crippen LogP contribution in [0.25, 0.3) is 11.2 Å². The van der Waals surface area contributed by atoms with E-state index in [1.165, 1.54) is 29.6 Å². The maximum Gasteiger partial charge on any atom is 0.417 e. The van der Waals surface area contributed by atoms with Gasteiger partial charge in [-0.3, -0.25) is 18.7 Å². The van der Waals surface area contributed by atoms with Gasteiger partial charge in [0.15, 0.2) is 11.2 Å². The number of aromatic nitrogens is 5. The Hall–Kier alpha value is -3.35. The molecule has 10 nitrogen and oxygen atoms in total. The van der Waals surface area contributed by atoms with Crippen molar-refractivity contribution in [3.63, 3.8) is 0 Å². The average Bonchev–Trinajstić information content (AvgIpc) is 3.19. The van der Waals surface area contributed by atoms with Crippen molar-refractivity contribution in [2.24, 2.45) is 14.1 Å². The lowest BCUT2D eigenvalue weighted by molar-refractivity contribution is -0.138. The highest BCUT2D eigenvalue weighted by Gasteiger charge is 2.32. The Morgan fingerprint density at radius 3 is 2.36 bits per heavy atom. The lowest BCUT2D eigenvalue weighted by Gasteiger charge is -2.36. The molecule has 0 spiro atoms. The molecule has 0 atom stereocenters. The summed E-state index contributed by atoms with van der Waals surface area (Å²) in [5, 5.41) is -0.115. The summed E-state index contributed by atoms with van der Waals surface area (Å²) in [6.07, 6.45) is -2.46. The largest absolute Gasteiger partial charge is 0.417 e. The number of aryl methyl sites for hydroxylation is 1. The van der Waals surface area contributed by atoms with Crippen molar-refractivity contribution < 1.29 is 18.0 Å². The van der Waals surface area contributed by atoms with E-state index >= 15 is 0 Å². The predicted molar refractivity (Wildman–Crippen MR) is 113 cm³/mol. The number of alkyl halides is 3. The first-order valence-electron chi connectivity index (χ1n) is 9.85. The number of fused-ring (bicyclic) bond motifs is 1. The van der Waals surface area contributed by atoms with Gasteiger partial charge in [0.05, 0.1) is 16.9 Å². The van der Waals surface area contributed by atoms with Crippen LogP contribution in [0.4, 0.5) is 19.0 Å². The van der Waals surface area contributed by atoms with E-state index in [0.29, 0.717) is 26.2 Å². The molecule has 33 heavy (non-hydrogen) atoms. The van der Waals surface area contributed by atoms with Crippen LogP contribution in [0.1, 0.15) is 5.56 Å². The number of anilines is 1. The van der Waals surface area contributed by atoms with Crippen molar-refractivity contribution in [1.29, 1.82) is 0 Å². The first-order chi connectivity index (χ1) is 15.5. The Bertz CT molecular complexity index is 1350. The van der Waals surface area contributed by atoms with Gasteiger partial charge in [0.25, 0.3) is 5.56 Å². The summed E-state index contributed by atoms with van der Waals surface area (Å²) < 4.78 is 42.1. The molecule has 1 aliphatic heterocycles. The average molecular weight is 486 g/mol. The van der Waals surface area contributed by atoms with Gasteiger partial charge in [0.1, 0.15) is 12.4 Å². The molecule has 1 amide bonds. The Kier molecular flexibility index (Phi) is 5.68. The number of carbonyl (C=O) groups is 1. The van der Waals surface area contributed by atoms with Crippen LogP contribution in [0.5, 0.6) is 0 Å². The molecule has 176 valence electrons. The zero-order valence-electron chi connectivity index (χ0n) is 17.6. The van der Waals surface area contributed by atoms with E-state index in [4.69, 9.17) is 11.6 Å². The van der Waals surface area contributed by atoms with Gasteiger partial charge < -0.3 is 14.4 Å². The predicted octanol–water partition coefficient (Wildman–Crippen LogP) is 0.850. The molecule has 0 saturated carbocycles. The zero-order valence-corrected chi connectivity index (χ0v) is 18.4. The van der Waals surface area contributed by atoms with Crippen molar-refractivity contribution in [2.45, 2.75) is 12.7 Å². The molecule has 0 unspecified atom stereocenters. The molecular weight excluding hydrogens is 467 g/mol. The minimum absolute atomic E-state index is 0.115. The number of carbonyl (C=O) groups excluding carboxylic acids is 1. The number of rotatable bonds is 3. The van der Waals surface area contributed by atoms with Crippen LogP contribution in [0, 0.1) is 0 Å². The molecule has 0 N–H and O–H groups in total. The number of hydrogen-bond donors (Lipinski definition) is 0. The number of pyridine rings is 1. The molecule has 0 radical (unpaired) electrons. The Morgan fingerprint density at radius 2 is 1.76 bits per heavy atom. The molecule has 0 aliphatic carbocycles. The molecule has 1 aliphatic rings. The van der Waals surface area contributed by atoms with E-state index in [1.807, 2.05) is 0 Å². The van der Waals surface area contributed by atoms with Crippen LogP contribution in [0.15, 0.2) is 28.2 Å². The van der Waals surface area contributed by atoms with Crippen LogP contribution < -0.4 is 16.1 Å². The minimum atomic E-state index is -4.54. The van der Waals surface area contributed by atoms with Gasteiger partial charge >= 0.3 is 11.9 Å². The molecule has 3 aromatic rings. The topological polar surface area (TPSA) is 98.3 Å². The highest BCUT2D eigenvalue weighted by molar-refractivity contribution is 6.33. The molecule has 4 rings (SSSR count). The summed E-state index contributed by atoms with van der Waals surface area (Å²) in [6.45, 7) is 1.08. The molecule has 3 aromatic heterocycles. The monoisotopic (exact) mass is 485 g/mol. The number of amides is 1. The van der Waals surface area contributed by atoms with E-state index in [2.05, 4.69) is 9.97 Å². The second-order valence-electron chi connectivity index (χ2n) is 7.65. The Balaban J connectivity index is 1.47. The fourth-order valence-electron chi connectivity index (χ4n) is 3.75. The molecule has 1 fully saturated rings. The van der Waals surface area contributed by atoms with E-state index in [9.17, 15) is 27.6 Å². The first-order valence-corrected chi connectivity index (χ1v) is 10.2. The maximum absolute atomic E-state index is 12.8. The van der Waals surface area contributed by atoms with E-state index in [1.54, 1.807) is 9.80 Å². The van der Waals surface area contributed by atoms with Gasteiger partial charge in [-0.2, -0.15) is 13.2 Å². The van der Waals surface area contributed by atoms with Gasteiger partial charge in [0, 0.05) is 46.5 Å². The number of imidazole rings is 1. The first kappa shape index (κ1) is 22.8. The fraction of sp³-hybridized carbons (Fsp3) is 0.421. The third kappa shape index (κ3) is 4.08. The van der Waals surface area contributed by atoms with Crippen LogP contribution in [-0.2, 0) is 31.6 Å². The molecule has 1 saturated heterocycles. The van der Waals surface area contributed by atoms with Crippen LogP contribution >= 0.6 is 11.6 Å². The van der Waals surface area contributed by atoms with Gasteiger partial charge in [0.2, 0.25) is 5.91 Å². The number of nitrogens with zero attached hydrogens (tertiary/aromatic N) is 7. The van der Waals surface area contributed by atoms with Gasteiger partial charge in [-0.25, -0.2) is 14.8 Å². The van der Waals surface area contributed by atoms with Crippen molar-refractivity contribution in [1.82, 2.24) is 28.6 Å². The summed E-state index contributed by atoms with van der Waals surface area (Å²) in [5.74, 6) is -0.0434. The summed E-state index contributed by atoms with van der Waals surface area (Å²) in [7, 11) is 2.84. The SMILES string of the molecule is Cn1c(=O)c2c(ncn2CC(=O)N2CCN(c3ncc(C(F)(F)F)cc3Cl)CC2)n(C)c1=O. The lowest BCUT2D eigenvalue weighted by Crippen LogP contribution is -2.50. The summed E-state index contributed by atoms with van der Waals surface area (Å²) in [6, 6.07) is 0.833.